The second-order valence-electron chi connectivity index (χ2n) is 2.86. The third-order valence-corrected chi connectivity index (χ3v) is 2.50. The van der Waals surface area contributed by atoms with Gasteiger partial charge in [-0.3, -0.25) is 0 Å². The third-order valence-electron chi connectivity index (χ3n) is 1.70. The van der Waals surface area contributed by atoms with E-state index in [-0.39, 0.29) is 11.8 Å². The average Bonchev–Trinajstić information content (AvgIpc) is 2.27. The molecule has 2 aromatic rings. The first-order chi connectivity index (χ1) is 7.65. The number of hydrogen-bond acceptors (Lipinski definition) is 3. The molecule has 1 aromatic carbocycles. The largest absolute Gasteiger partial charge is 0.424 e. The van der Waals surface area contributed by atoms with Crippen LogP contribution in [0.1, 0.15) is 0 Å². The molecule has 6 heteroatoms. The highest BCUT2D eigenvalue weighted by atomic mass is 79.9. The summed E-state index contributed by atoms with van der Waals surface area (Å²) in [5, 5.41) is 0.424. The Labute approximate surface area is 104 Å². The van der Waals surface area contributed by atoms with Gasteiger partial charge in [-0.2, -0.15) is 0 Å². The summed E-state index contributed by atoms with van der Waals surface area (Å²) in [5.74, 6) is 0.0833. The van der Waals surface area contributed by atoms with E-state index in [1.165, 1.54) is 30.6 Å². The van der Waals surface area contributed by atoms with Crippen molar-refractivity contribution in [1.29, 1.82) is 0 Å². The Morgan fingerprint density at radius 1 is 1.25 bits per heavy atom. The van der Waals surface area contributed by atoms with Crippen LogP contribution < -0.4 is 4.74 Å². The van der Waals surface area contributed by atoms with Crippen LogP contribution in [-0.4, -0.2) is 9.97 Å². The minimum Gasteiger partial charge on any atom is -0.424 e. The highest BCUT2D eigenvalue weighted by Gasteiger charge is 2.04. The molecule has 1 aromatic heterocycles. The van der Waals surface area contributed by atoms with Crippen LogP contribution in [0.2, 0.25) is 5.02 Å². The van der Waals surface area contributed by atoms with Crippen LogP contribution in [0.15, 0.2) is 35.1 Å². The number of nitrogens with zero attached hydrogens (tertiary/aromatic N) is 2. The summed E-state index contributed by atoms with van der Waals surface area (Å²) in [4.78, 5) is 7.70. The van der Waals surface area contributed by atoms with Crippen LogP contribution in [0, 0.1) is 5.82 Å². The zero-order chi connectivity index (χ0) is 11.5. The van der Waals surface area contributed by atoms with Gasteiger partial charge in [0.05, 0.1) is 21.9 Å². The molecule has 0 spiro atoms. The number of rotatable bonds is 2. The summed E-state index contributed by atoms with van der Waals surface area (Å²) >= 11 is 8.68. The zero-order valence-electron chi connectivity index (χ0n) is 7.82. The van der Waals surface area contributed by atoms with E-state index in [0.29, 0.717) is 15.2 Å². The summed E-state index contributed by atoms with van der Waals surface area (Å²) in [6, 6.07) is 4.42. The molecule has 0 saturated carbocycles. The van der Waals surface area contributed by atoms with Gasteiger partial charge in [0.15, 0.2) is 0 Å². The molecule has 0 unspecified atom stereocenters. The molecule has 2 rings (SSSR count). The lowest BCUT2D eigenvalue weighted by Gasteiger charge is -2.03. The van der Waals surface area contributed by atoms with Crippen LogP contribution in [0.5, 0.6) is 11.8 Å². The quantitative estimate of drug-likeness (QED) is 0.846. The molecule has 0 atom stereocenters. The molecular formula is C10H5BrClFN2O. The van der Waals surface area contributed by atoms with Crippen molar-refractivity contribution in [3.05, 3.63) is 45.9 Å². The molecule has 16 heavy (non-hydrogen) atoms. The Balaban J connectivity index is 2.20. The maximum Gasteiger partial charge on any atom is 0.321 e. The van der Waals surface area contributed by atoms with Gasteiger partial charge in [0.1, 0.15) is 11.6 Å². The monoisotopic (exact) mass is 302 g/mol. The van der Waals surface area contributed by atoms with Crippen LogP contribution in [0.3, 0.4) is 0 Å². The summed E-state index contributed by atoms with van der Waals surface area (Å²) in [6.07, 6.45) is 2.84. The van der Waals surface area contributed by atoms with Crippen molar-refractivity contribution in [3.8, 4) is 11.8 Å². The molecule has 0 aliphatic carbocycles. The lowest BCUT2D eigenvalue weighted by molar-refractivity contribution is 0.440. The molecule has 0 saturated heterocycles. The molecule has 0 fully saturated rings. The highest BCUT2D eigenvalue weighted by molar-refractivity contribution is 9.10. The van der Waals surface area contributed by atoms with Gasteiger partial charge in [0, 0.05) is 0 Å². The minimum atomic E-state index is -0.357. The van der Waals surface area contributed by atoms with Gasteiger partial charge in [0.2, 0.25) is 0 Å². The van der Waals surface area contributed by atoms with Crippen molar-refractivity contribution in [2.45, 2.75) is 0 Å². The molecule has 0 aliphatic rings. The molecule has 82 valence electrons. The Bertz CT molecular complexity index is 507. The first-order valence-corrected chi connectivity index (χ1v) is 5.43. The molecule has 3 nitrogen and oxygen atoms in total. The maximum absolute atomic E-state index is 12.9. The number of hydrogen-bond donors (Lipinski definition) is 0. The number of aromatic nitrogens is 2. The van der Waals surface area contributed by atoms with Crippen LogP contribution >= 0.6 is 27.5 Å². The fourth-order valence-electron chi connectivity index (χ4n) is 0.999. The van der Waals surface area contributed by atoms with E-state index < -0.39 is 0 Å². The van der Waals surface area contributed by atoms with Crippen LogP contribution in [0.25, 0.3) is 0 Å². The maximum atomic E-state index is 12.9. The lowest BCUT2D eigenvalue weighted by atomic mass is 10.3. The molecule has 1 heterocycles. The van der Waals surface area contributed by atoms with E-state index in [1.807, 2.05) is 0 Å². The Hall–Kier alpha value is -1.20. The first kappa shape index (κ1) is 11.3. The van der Waals surface area contributed by atoms with E-state index >= 15 is 0 Å². The van der Waals surface area contributed by atoms with Gasteiger partial charge in [-0.1, -0.05) is 11.6 Å². The van der Waals surface area contributed by atoms with Gasteiger partial charge in [-0.05, 0) is 34.1 Å². The lowest BCUT2D eigenvalue weighted by Crippen LogP contribution is -1.91. The standard InChI is InChI=1S/C10H5BrClFN2O/c11-8-3-7(1-2-9(8)13)16-10-14-4-6(12)5-15-10/h1-5H. The second-order valence-corrected chi connectivity index (χ2v) is 4.15. The smallest absolute Gasteiger partial charge is 0.321 e. The third kappa shape index (κ3) is 2.68. The van der Waals surface area contributed by atoms with Gasteiger partial charge < -0.3 is 4.74 Å². The van der Waals surface area contributed by atoms with Crippen molar-refractivity contribution in [2.24, 2.45) is 0 Å². The van der Waals surface area contributed by atoms with Crippen LogP contribution in [0.4, 0.5) is 4.39 Å². The molecular weight excluding hydrogens is 298 g/mol. The molecule has 0 N–H and O–H groups in total. The van der Waals surface area contributed by atoms with E-state index in [4.69, 9.17) is 16.3 Å². The molecule has 0 amide bonds. The average molecular weight is 304 g/mol. The Morgan fingerprint density at radius 2 is 1.94 bits per heavy atom. The van der Waals surface area contributed by atoms with Gasteiger partial charge in [0.25, 0.3) is 0 Å². The summed E-state index contributed by atoms with van der Waals surface area (Å²) in [7, 11) is 0. The number of benzene rings is 1. The minimum absolute atomic E-state index is 0.155. The summed E-state index contributed by atoms with van der Waals surface area (Å²) in [6.45, 7) is 0. The van der Waals surface area contributed by atoms with Gasteiger partial charge >= 0.3 is 6.01 Å². The number of ether oxygens (including phenoxy) is 1. The fourth-order valence-corrected chi connectivity index (χ4v) is 1.45. The molecule has 0 aliphatic heterocycles. The van der Waals surface area contributed by atoms with Crippen molar-refractivity contribution < 1.29 is 9.13 Å². The van der Waals surface area contributed by atoms with Crippen molar-refractivity contribution in [1.82, 2.24) is 9.97 Å². The fraction of sp³-hybridized carbons (Fsp3) is 0. The van der Waals surface area contributed by atoms with Crippen molar-refractivity contribution in [2.75, 3.05) is 0 Å². The van der Waals surface area contributed by atoms with Gasteiger partial charge in [-0.25, -0.2) is 14.4 Å². The Morgan fingerprint density at radius 3 is 2.56 bits per heavy atom. The van der Waals surface area contributed by atoms with E-state index in [2.05, 4.69) is 25.9 Å². The van der Waals surface area contributed by atoms with E-state index in [1.54, 1.807) is 0 Å². The van der Waals surface area contributed by atoms with E-state index in [9.17, 15) is 4.39 Å². The first-order valence-electron chi connectivity index (χ1n) is 4.25. The van der Waals surface area contributed by atoms with E-state index in [0.717, 1.165) is 0 Å². The van der Waals surface area contributed by atoms with Crippen molar-refractivity contribution >= 4 is 27.5 Å². The normalized spacial score (nSPS) is 10.2. The number of halogens is 3. The predicted octanol–water partition coefficient (Wildman–Crippen LogP) is 3.82. The van der Waals surface area contributed by atoms with Gasteiger partial charge in [-0.15, -0.1) is 0 Å². The predicted molar refractivity (Wildman–Crippen MR) is 61.2 cm³/mol. The second kappa shape index (κ2) is 4.76. The summed E-state index contributed by atoms with van der Waals surface area (Å²) < 4.78 is 18.5. The van der Waals surface area contributed by atoms with Crippen molar-refractivity contribution in [3.63, 3.8) is 0 Å². The Kier molecular flexibility index (Phi) is 3.36. The molecule has 0 bridgehead atoms. The topological polar surface area (TPSA) is 35.0 Å². The van der Waals surface area contributed by atoms with Crippen LogP contribution in [-0.2, 0) is 0 Å². The highest BCUT2D eigenvalue weighted by Crippen LogP contribution is 2.24. The SMILES string of the molecule is Fc1ccc(Oc2ncc(Cl)cn2)cc1Br. The summed E-state index contributed by atoms with van der Waals surface area (Å²) in [5.41, 5.74) is 0. The zero-order valence-corrected chi connectivity index (χ0v) is 10.2. The molecule has 0 radical (unpaired) electrons.